The minimum atomic E-state index is -5.66. The van der Waals surface area contributed by atoms with Crippen molar-refractivity contribution >= 4 is 22.4 Å². The Hall–Kier alpha value is -2.81. The lowest BCUT2D eigenvalue weighted by molar-refractivity contribution is -0.261. The Morgan fingerprint density at radius 1 is 0.861 bits per heavy atom. The summed E-state index contributed by atoms with van der Waals surface area (Å²) in [7, 11) is -1.37. The van der Waals surface area contributed by atoms with Crippen molar-refractivity contribution in [2.45, 2.75) is 30.7 Å². The van der Waals surface area contributed by atoms with Crippen molar-refractivity contribution in [2.24, 2.45) is 0 Å². The molecular weight excluding hydrogens is 531 g/mol. The highest BCUT2D eigenvalue weighted by atomic mass is 32.2. The highest BCUT2D eigenvalue weighted by Gasteiger charge is 2.56. The van der Waals surface area contributed by atoms with Gasteiger partial charge in [-0.1, -0.05) is 12.1 Å². The Balaban J connectivity index is 2.31. The van der Waals surface area contributed by atoms with Crippen LogP contribution < -0.4 is 10.6 Å². The Kier molecular flexibility index (Phi) is 8.71. The van der Waals surface area contributed by atoms with Crippen LogP contribution in [0, 0.1) is 0 Å². The Bertz CT molecular complexity index is 1070. The maximum absolute atomic E-state index is 13.8. The summed E-state index contributed by atoms with van der Waals surface area (Å²) in [4.78, 5) is 11.5. The molecule has 2 rings (SSSR count). The summed E-state index contributed by atoms with van der Waals surface area (Å²) >= 11 is 0. The van der Waals surface area contributed by atoms with E-state index in [4.69, 9.17) is 0 Å². The van der Waals surface area contributed by atoms with Crippen molar-refractivity contribution in [1.82, 2.24) is 5.32 Å². The van der Waals surface area contributed by atoms with Crippen LogP contribution in [-0.4, -0.2) is 40.0 Å². The molecule has 0 saturated carbocycles. The van der Waals surface area contributed by atoms with Crippen LogP contribution in [0.15, 0.2) is 42.5 Å². The Labute approximate surface area is 201 Å². The van der Waals surface area contributed by atoms with Gasteiger partial charge in [0.1, 0.15) is 5.75 Å². The predicted molar refractivity (Wildman–Crippen MR) is 112 cm³/mol. The van der Waals surface area contributed by atoms with Gasteiger partial charge < -0.3 is 15.7 Å². The molecule has 0 aliphatic rings. The molecule has 2 aromatic rings. The first-order valence-corrected chi connectivity index (χ1v) is 11.5. The van der Waals surface area contributed by atoms with Crippen molar-refractivity contribution in [3.8, 4) is 0 Å². The highest BCUT2D eigenvalue weighted by Crippen LogP contribution is 2.44. The van der Waals surface area contributed by atoms with Crippen LogP contribution >= 0.6 is 0 Å². The van der Waals surface area contributed by atoms with E-state index in [1.54, 1.807) is 0 Å². The topological polar surface area (TPSA) is 78.4 Å². The predicted octanol–water partition coefficient (Wildman–Crippen LogP) is 4.58. The quantitative estimate of drug-likeness (QED) is 0.421. The second-order valence-electron chi connectivity index (χ2n) is 7.70. The number of anilines is 1. The molecule has 36 heavy (non-hydrogen) atoms. The standard InChI is InChI=1S/C21H19F9N2O3S/c1-36(35)10-17(33)31-9-12-2-4-16(5-3-12)32-11-18(34,21(28,29)30)13-6-14(19(22,23)24)8-15(7-13)20(25,26)27/h2-8,32,34H,9-11H2,1H3,(H,31,33)/t18-,36+/m0/s1. The van der Waals surface area contributed by atoms with Gasteiger partial charge in [-0.25, -0.2) is 0 Å². The maximum Gasteiger partial charge on any atom is 0.423 e. The molecule has 0 aliphatic heterocycles. The average Bonchev–Trinajstić information content (AvgIpc) is 2.74. The number of aliphatic hydroxyl groups is 1. The van der Waals surface area contributed by atoms with Crippen molar-refractivity contribution in [3.05, 3.63) is 64.7 Å². The molecule has 15 heteroatoms. The third kappa shape index (κ3) is 7.59. The smallest absolute Gasteiger partial charge is 0.381 e. The molecule has 0 radical (unpaired) electrons. The van der Waals surface area contributed by atoms with Gasteiger partial charge in [-0.3, -0.25) is 9.00 Å². The highest BCUT2D eigenvalue weighted by molar-refractivity contribution is 7.85. The van der Waals surface area contributed by atoms with Crippen molar-refractivity contribution in [3.63, 3.8) is 0 Å². The molecule has 1 amide bonds. The number of benzene rings is 2. The maximum atomic E-state index is 13.8. The third-order valence-corrected chi connectivity index (χ3v) is 5.53. The van der Waals surface area contributed by atoms with E-state index in [9.17, 15) is 53.6 Å². The first-order chi connectivity index (χ1) is 16.3. The summed E-state index contributed by atoms with van der Waals surface area (Å²) < 4.78 is 131. The van der Waals surface area contributed by atoms with E-state index in [2.05, 4.69) is 10.6 Å². The van der Waals surface area contributed by atoms with Crippen molar-refractivity contribution in [1.29, 1.82) is 0 Å². The van der Waals surface area contributed by atoms with E-state index >= 15 is 0 Å². The zero-order valence-corrected chi connectivity index (χ0v) is 19.1. The number of carbonyl (C=O) groups is 1. The molecule has 3 N–H and O–H groups in total. The molecule has 200 valence electrons. The van der Waals surface area contributed by atoms with Gasteiger partial charge in [-0.2, -0.15) is 39.5 Å². The molecular formula is C21H19F9N2O3S. The van der Waals surface area contributed by atoms with E-state index in [0.29, 0.717) is 5.56 Å². The fraction of sp³-hybridized carbons (Fsp3) is 0.381. The van der Waals surface area contributed by atoms with Gasteiger partial charge in [0.25, 0.3) is 0 Å². The largest absolute Gasteiger partial charge is 0.423 e. The van der Waals surface area contributed by atoms with Crippen LogP contribution in [0.1, 0.15) is 22.3 Å². The van der Waals surface area contributed by atoms with Crippen LogP contribution in [0.2, 0.25) is 0 Å². The molecule has 0 aromatic heterocycles. The number of rotatable bonds is 8. The second-order valence-corrected chi connectivity index (χ2v) is 9.13. The normalized spacial score (nSPS) is 15.2. The number of hydrogen-bond acceptors (Lipinski definition) is 4. The summed E-state index contributed by atoms with van der Waals surface area (Å²) in [5, 5.41) is 15.0. The SMILES string of the molecule is C[S@@](=O)CC(=O)NCc1ccc(NC[C@](O)(c2cc(C(F)(F)F)cc(C(F)(F)F)c2)C(F)(F)F)cc1. The number of nitrogens with one attached hydrogen (secondary N) is 2. The average molecular weight is 550 g/mol. The van der Waals surface area contributed by atoms with E-state index in [-0.39, 0.29) is 36.2 Å². The van der Waals surface area contributed by atoms with Crippen LogP contribution in [-0.2, 0) is 40.1 Å². The number of alkyl halides is 9. The second kappa shape index (κ2) is 10.7. The minimum Gasteiger partial charge on any atom is -0.381 e. The number of halogens is 9. The van der Waals surface area contributed by atoms with Gasteiger partial charge in [0.05, 0.1) is 17.7 Å². The van der Waals surface area contributed by atoms with E-state index in [1.165, 1.54) is 30.5 Å². The molecule has 0 bridgehead atoms. The van der Waals surface area contributed by atoms with Gasteiger partial charge >= 0.3 is 18.5 Å². The number of carbonyl (C=O) groups excluding carboxylic acids is 1. The van der Waals surface area contributed by atoms with Gasteiger partial charge in [0.2, 0.25) is 11.5 Å². The monoisotopic (exact) mass is 550 g/mol. The molecule has 2 atom stereocenters. The third-order valence-electron chi connectivity index (χ3n) is 4.86. The van der Waals surface area contributed by atoms with Crippen molar-refractivity contribution < 1.29 is 53.6 Å². The van der Waals surface area contributed by atoms with Gasteiger partial charge in [0, 0.05) is 29.3 Å². The summed E-state index contributed by atoms with van der Waals surface area (Å²) in [6, 6.07) is 4.48. The summed E-state index contributed by atoms with van der Waals surface area (Å²) in [6.07, 6.45) is -15.1. The lowest BCUT2D eigenvalue weighted by atomic mass is 9.89. The molecule has 5 nitrogen and oxygen atoms in total. The zero-order chi connectivity index (χ0) is 27.5. The summed E-state index contributed by atoms with van der Waals surface area (Å²) in [5.74, 6) is -0.742. The van der Waals surface area contributed by atoms with Crippen LogP contribution in [0.4, 0.5) is 45.2 Å². The van der Waals surface area contributed by atoms with Crippen LogP contribution in [0.5, 0.6) is 0 Å². The minimum absolute atomic E-state index is 0.00669. The lowest BCUT2D eigenvalue weighted by Gasteiger charge is -2.32. The van der Waals surface area contributed by atoms with E-state index in [0.717, 1.165) is 0 Å². The molecule has 0 unspecified atom stereocenters. The summed E-state index contributed by atoms with van der Waals surface area (Å²) in [6.45, 7) is -1.51. The van der Waals surface area contributed by atoms with Gasteiger partial charge in [0.15, 0.2) is 0 Å². The van der Waals surface area contributed by atoms with E-state index in [1.807, 2.05) is 0 Å². The molecule has 0 heterocycles. The van der Waals surface area contributed by atoms with Gasteiger partial charge in [-0.05, 0) is 41.5 Å². The van der Waals surface area contributed by atoms with E-state index < -0.39 is 64.1 Å². The molecule has 0 fully saturated rings. The molecule has 0 spiro atoms. The first-order valence-electron chi connectivity index (χ1n) is 9.81. The van der Waals surface area contributed by atoms with Crippen LogP contribution in [0.25, 0.3) is 0 Å². The first kappa shape index (κ1) is 29.4. The summed E-state index contributed by atoms with van der Waals surface area (Å²) in [5.41, 5.74) is -9.34. The number of hydrogen-bond donors (Lipinski definition) is 3. The molecule has 0 aliphatic carbocycles. The lowest BCUT2D eigenvalue weighted by Crippen LogP contribution is -2.48. The molecule has 0 saturated heterocycles. The Morgan fingerprint density at radius 2 is 1.33 bits per heavy atom. The number of amides is 1. The fourth-order valence-electron chi connectivity index (χ4n) is 2.97. The molecule has 2 aromatic carbocycles. The zero-order valence-electron chi connectivity index (χ0n) is 18.2. The van der Waals surface area contributed by atoms with Gasteiger partial charge in [-0.15, -0.1) is 0 Å². The van der Waals surface area contributed by atoms with Crippen LogP contribution in [0.3, 0.4) is 0 Å². The fourth-order valence-corrected chi connectivity index (χ4v) is 3.44. The van der Waals surface area contributed by atoms with Crippen molar-refractivity contribution in [2.75, 3.05) is 23.9 Å². The Morgan fingerprint density at radius 3 is 1.75 bits per heavy atom.